The highest BCUT2D eigenvalue weighted by Crippen LogP contribution is 2.21. The van der Waals surface area contributed by atoms with E-state index in [0.29, 0.717) is 6.42 Å². The lowest BCUT2D eigenvalue weighted by atomic mass is 10.1. The molecule has 0 radical (unpaired) electrons. The fraction of sp³-hybridized carbons (Fsp3) is 0.188. The van der Waals surface area contributed by atoms with E-state index in [0.717, 1.165) is 5.56 Å². The smallest absolute Gasteiger partial charge is 0.253 e. The van der Waals surface area contributed by atoms with Gasteiger partial charge in [0, 0.05) is 6.04 Å². The summed E-state index contributed by atoms with van der Waals surface area (Å²) in [5.41, 5.74) is 1.15. The number of hydrogen-bond acceptors (Lipinski definition) is 2. The Morgan fingerprint density at radius 2 is 1.95 bits per heavy atom. The summed E-state index contributed by atoms with van der Waals surface area (Å²) < 4.78 is 12.8. The molecular formula is C16H15ClFNO2. The van der Waals surface area contributed by atoms with Gasteiger partial charge in [0.25, 0.3) is 5.91 Å². The van der Waals surface area contributed by atoms with Crippen molar-refractivity contribution in [3.8, 4) is 5.75 Å². The minimum Gasteiger partial charge on any atom is -0.508 e. The first kappa shape index (κ1) is 15.3. The second-order valence-electron chi connectivity index (χ2n) is 4.87. The highest BCUT2D eigenvalue weighted by molar-refractivity contribution is 6.33. The fourth-order valence-electron chi connectivity index (χ4n) is 2.01. The Balaban J connectivity index is 2.01. The molecule has 2 N–H and O–H groups in total. The molecule has 0 aliphatic carbocycles. The normalized spacial score (nSPS) is 12.0. The highest BCUT2D eigenvalue weighted by atomic mass is 35.5. The van der Waals surface area contributed by atoms with E-state index >= 15 is 0 Å². The topological polar surface area (TPSA) is 49.3 Å². The predicted molar refractivity (Wildman–Crippen MR) is 80.1 cm³/mol. The average Bonchev–Trinajstić information content (AvgIpc) is 2.44. The van der Waals surface area contributed by atoms with Gasteiger partial charge in [-0.1, -0.05) is 23.7 Å². The third kappa shape index (κ3) is 4.20. The van der Waals surface area contributed by atoms with Crippen LogP contribution in [0.2, 0.25) is 5.02 Å². The molecular weight excluding hydrogens is 293 g/mol. The van der Waals surface area contributed by atoms with Gasteiger partial charge < -0.3 is 10.4 Å². The van der Waals surface area contributed by atoms with E-state index in [-0.39, 0.29) is 34.1 Å². The van der Waals surface area contributed by atoms with E-state index in [1.54, 1.807) is 12.1 Å². The van der Waals surface area contributed by atoms with Crippen LogP contribution in [0.4, 0.5) is 4.39 Å². The summed E-state index contributed by atoms with van der Waals surface area (Å²) in [5.74, 6) is -0.664. The van der Waals surface area contributed by atoms with Crippen molar-refractivity contribution in [3.05, 3.63) is 64.4 Å². The molecule has 0 spiro atoms. The van der Waals surface area contributed by atoms with Crippen LogP contribution in [0.25, 0.3) is 0 Å². The number of rotatable bonds is 4. The van der Waals surface area contributed by atoms with E-state index in [9.17, 15) is 14.3 Å². The molecule has 0 aliphatic rings. The number of amides is 1. The SMILES string of the molecule is CC(Cc1ccc(F)cc1)NC(=O)c1cc(O)ccc1Cl. The Bertz CT molecular complexity index is 643. The summed E-state index contributed by atoms with van der Waals surface area (Å²) >= 11 is 5.94. The summed E-state index contributed by atoms with van der Waals surface area (Å²) in [6, 6.07) is 10.2. The summed E-state index contributed by atoms with van der Waals surface area (Å²) in [4.78, 5) is 12.1. The van der Waals surface area contributed by atoms with Crippen LogP contribution < -0.4 is 5.32 Å². The third-order valence-corrected chi connectivity index (χ3v) is 3.36. The molecule has 0 bridgehead atoms. The van der Waals surface area contributed by atoms with Crippen molar-refractivity contribution in [3.63, 3.8) is 0 Å². The third-order valence-electron chi connectivity index (χ3n) is 3.03. The van der Waals surface area contributed by atoms with Crippen LogP contribution in [-0.2, 0) is 6.42 Å². The molecule has 2 aromatic rings. The molecule has 0 saturated carbocycles. The van der Waals surface area contributed by atoms with Crippen molar-refractivity contribution in [2.24, 2.45) is 0 Å². The van der Waals surface area contributed by atoms with Crippen molar-refractivity contribution >= 4 is 17.5 Å². The maximum absolute atomic E-state index is 12.8. The van der Waals surface area contributed by atoms with Crippen molar-refractivity contribution in [1.82, 2.24) is 5.32 Å². The van der Waals surface area contributed by atoms with Crippen LogP contribution in [0.1, 0.15) is 22.8 Å². The minimum atomic E-state index is -0.356. The largest absolute Gasteiger partial charge is 0.508 e. The lowest BCUT2D eigenvalue weighted by molar-refractivity contribution is 0.0940. The first-order chi connectivity index (χ1) is 9.95. The molecule has 0 heterocycles. The van der Waals surface area contributed by atoms with Crippen LogP contribution in [0.3, 0.4) is 0 Å². The van der Waals surface area contributed by atoms with Crippen molar-refractivity contribution < 1.29 is 14.3 Å². The maximum Gasteiger partial charge on any atom is 0.253 e. The van der Waals surface area contributed by atoms with Crippen molar-refractivity contribution in [1.29, 1.82) is 0 Å². The molecule has 0 aliphatic heterocycles. The lowest BCUT2D eigenvalue weighted by Crippen LogP contribution is -2.34. The Hall–Kier alpha value is -2.07. The summed E-state index contributed by atoms with van der Waals surface area (Å²) in [5, 5.41) is 12.5. The monoisotopic (exact) mass is 307 g/mol. The first-order valence-corrected chi connectivity index (χ1v) is 6.87. The number of nitrogens with one attached hydrogen (secondary N) is 1. The molecule has 1 amide bonds. The number of aromatic hydroxyl groups is 1. The zero-order valence-electron chi connectivity index (χ0n) is 11.4. The van der Waals surface area contributed by atoms with Gasteiger partial charge in [-0.05, 0) is 49.2 Å². The molecule has 3 nitrogen and oxygen atoms in total. The molecule has 5 heteroatoms. The van der Waals surface area contributed by atoms with E-state index in [1.165, 1.54) is 30.3 Å². The van der Waals surface area contributed by atoms with E-state index in [2.05, 4.69) is 5.32 Å². The van der Waals surface area contributed by atoms with Gasteiger partial charge in [-0.25, -0.2) is 4.39 Å². The zero-order chi connectivity index (χ0) is 15.4. The van der Waals surface area contributed by atoms with E-state index in [4.69, 9.17) is 11.6 Å². The highest BCUT2D eigenvalue weighted by Gasteiger charge is 2.14. The van der Waals surface area contributed by atoms with Gasteiger partial charge in [0.2, 0.25) is 0 Å². The van der Waals surface area contributed by atoms with Crippen LogP contribution in [0, 0.1) is 5.82 Å². The average molecular weight is 308 g/mol. The molecule has 2 rings (SSSR count). The van der Waals surface area contributed by atoms with Gasteiger partial charge in [0.15, 0.2) is 0 Å². The Morgan fingerprint density at radius 1 is 1.29 bits per heavy atom. The van der Waals surface area contributed by atoms with Gasteiger partial charge in [-0.3, -0.25) is 4.79 Å². The van der Waals surface area contributed by atoms with Crippen LogP contribution in [0.15, 0.2) is 42.5 Å². The van der Waals surface area contributed by atoms with Gasteiger partial charge in [-0.2, -0.15) is 0 Å². The molecule has 110 valence electrons. The van der Waals surface area contributed by atoms with E-state index in [1.807, 2.05) is 6.92 Å². The van der Waals surface area contributed by atoms with Crippen LogP contribution in [0.5, 0.6) is 5.75 Å². The summed E-state index contributed by atoms with van der Waals surface area (Å²) in [6.45, 7) is 1.85. The van der Waals surface area contributed by atoms with Crippen LogP contribution in [-0.4, -0.2) is 17.1 Å². The number of hydrogen-bond donors (Lipinski definition) is 2. The van der Waals surface area contributed by atoms with Crippen molar-refractivity contribution in [2.45, 2.75) is 19.4 Å². The Morgan fingerprint density at radius 3 is 2.62 bits per heavy atom. The van der Waals surface area contributed by atoms with Gasteiger partial charge in [-0.15, -0.1) is 0 Å². The Kier molecular flexibility index (Phi) is 4.81. The quantitative estimate of drug-likeness (QED) is 0.907. The number of phenolic OH excluding ortho intramolecular Hbond substituents is 1. The van der Waals surface area contributed by atoms with Gasteiger partial charge in [0.1, 0.15) is 11.6 Å². The predicted octanol–water partition coefficient (Wildman–Crippen LogP) is 3.55. The van der Waals surface area contributed by atoms with Crippen LogP contribution >= 0.6 is 11.6 Å². The van der Waals surface area contributed by atoms with Gasteiger partial charge >= 0.3 is 0 Å². The second kappa shape index (κ2) is 6.59. The number of carbonyl (C=O) groups is 1. The molecule has 21 heavy (non-hydrogen) atoms. The number of halogens is 2. The Labute approximate surface area is 127 Å². The minimum absolute atomic E-state index is 0.0178. The van der Waals surface area contributed by atoms with Crippen molar-refractivity contribution in [2.75, 3.05) is 0 Å². The van der Waals surface area contributed by atoms with E-state index < -0.39 is 0 Å². The summed E-state index contributed by atoms with van der Waals surface area (Å²) in [6.07, 6.45) is 0.572. The molecule has 0 saturated heterocycles. The fourth-order valence-corrected chi connectivity index (χ4v) is 2.22. The zero-order valence-corrected chi connectivity index (χ0v) is 12.2. The maximum atomic E-state index is 12.8. The second-order valence-corrected chi connectivity index (χ2v) is 5.28. The van der Waals surface area contributed by atoms with Gasteiger partial charge in [0.05, 0.1) is 10.6 Å². The number of phenols is 1. The number of carbonyl (C=O) groups excluding carboxylic acids is 1. The first-order valence-electron chi connectivity index (χ1n) is 6.49. The molecule has 2 aromatic carbocycles. The molecule has 0 aromatic heterocycles. The molecule has 0 fully saturated rings. The standard InChI is InChI=1S/C16H15ClFNO2/c1-10(8-11-2-4-12(18)5-3-11)19-16(21)14-9-13(20)6-7-15(14)17/h2-7,9-10,20H,8H2,1H3,(H,19,21). The molecule has 1 atom stereocenters. The summed E-state index contributed by atoms with van der Waals surface area (Å²) in [7, 11) is 0. The molecule has 1 unspecified atom stereocenters. The lowest BCUT2D eigenvalue weighted by Gasteiger charge is -2.15. The number of benzene rings is 2.